The third-order valence-electron chi connectivity index (χ3n) is 11.5. The van der Waals surface area contributed by atoms with Crippen LogP contribution in [-0.2, 0) is 0 Å². The predicted octanol–water partition coefficient (Wildman–Crippen LogP) is 5.21. The van der Waals surface area contributed by atoms with Crippen LogP contribution in [0.25, 0.3) is 22.3 Å². The smallest absolute Gasteiger partial charge is 0.0486 e. The highest BCUT2D eigenvalue weighted by Gasteiger charge is 2.22. The first-order chi connectivity index (χ1) is 27.5. The summed E-state index contributed by atoms with van der Waals surface area (Å²) in [7, 11) is 0. The molecule has 9 heterocycles. The zero-order valence-electron chi connectivity index (χ0n) is 33.0. The largest absolute Gasteiger partial charge is 0.373 e. The summed E-state index contributed by atoms with van der Waals surface area (Å²) in [5.41, 5.74) is 13.5. The summed E-state index contributed by atoms with van der Waals surface area (Å²) in [5.74, 6) is 0. The lowest BCUT2D eigenvalue weighted by Crippen LogP contribution is -2.24. The van der Waals surface area contributed by atoms with Gasteiger partial charge in [0.25, 0.3) is 0 Å². The lowest BCUT2D eigenvalue weighted by atomic mass is 10.0. The molecule has 0 aromatic carbocycles. The Bertz CT molecular complexity index is 2310. The number of aromatic amines is 4. The maximum atomic E-state index is 3.95. The van der Waals surface area contributed by atoms with Crippen molar-refractivity contribution in [2.45, 2.75) is 27.7 Å². The van der Waals surface area contributed by atoms with E-state index in [9.17, 15) is 0 Å². The van der Waals surface area contributed by atoms with Crippen LogP contribution in [-0.4, -0.2) is 91.9 Å². The number of H-pyrrole nitrogens is 4. The van der Waals surface area contributed by atoms with E-state index in [0.717, 1.165) is 119 Å². The second-order valence-corrected chi connectivity index (χ2v) is 14.9. The van der Waals surface area contributed by atoms with Gasteiger partial charge in [-0.2, -0.15) is 0 Å². The number of nitrogens with zero attached hydrogens (tertiary/aromatic N) is 4. The quantitative estimate of drug-likeness (QED) is 0.200. The van der Waals surface area contributed by atoms with Crippen molar-refractivity contribution < 1.29 is 0 Å². The average Bonchev–Trinajstić information content (AvgIpc) is 4.09. The van der Waals surface area contributed by atoms with Crippen molar-refractivity contribution in [3.8, 4) is 0 Å². The monoisotopic (exact) mass is 740 g/mol. The van der Waals surface area contributed by atoms with Crippen LogP contribution in [0.5, 0.6) is 0 Å². The summed E-state index contributed by atoms with van der Waals surface area (Å²) < 4.78 is 0. The number of hydrogen-bond donors (Lipinski definition) is 4. The van der Waals surface area contributed by atoms with E-state index in [0.29, 0.717) is 0 Å². The Balaban J connectivity index is 1.39. The molecule has 0 saturated heterocycles. The fourth-order valence-electron chi connectivity index (χ4n) is 8.47. The third kappa shape index (κ3) is 6.59. The van der Waals surface area contributed by atoms with Gasteiger partial charge in [0.05, 0.1) is 0 Å². The zero-order valence-corrected chi connectivity index (χ0v) is 33.0. The Hall–Kier alpha value is -6.28. The molecule has 284 valence electrons. The Morgan fingerprint density at radius 2 is 0.607 bits per heavy atom. The second-order valence-electron chi connectivity index (χ2n) is 14.9. The molecular formula is C48H52N8. The molecule has 0 aliphatic carbocycles. The Morgan fingerprint density at radius 3 is 0.839 bits per heavy atom. The van der Waals surface area contributed by atoms with Crippen molar-refractivity contribution in [3.63, 3.8) is 0 Å². The van der Waals surface area contributed by atoms with Crippen LogP contribution in [0.1, 0.15) is 50.5 Å². The topological polar surface area (TPSA) is 76.1 Å². The molecule has 5 aliphatic rings. The SMILES string of the molecule is CCN1C=C(C2=c3ccc([nH]3)=C(C3=CN(CC)CC=C3)c3ccc([nH]3)C(C3=CN(CC)CC=C3)=c3ccc([nH]3)=C(C3=CN(CC)CC=C3)c3ccc2[nH]3)C=CC1. The molecule has 0 fully saturated rings. The van der Waals surface area contributed by atoms with Crippen LogP contribution < -0.4 is 21.4 Å². The van der Waals surface area contributed by atoms with Gasteiger partial charge in [-0.1, -0.05) is 48.6 Å². The van der Waals surface area contributed by atoms with Crippen molar-refractivity contribution in [1.29, 1.82) is 0 Å². The number of rotatable bonds is 8. The van der Waals surface area contributed by atoms with Crippen LogP contribution in [0.4, 0.5) is 0 Å². The summed E-state index contributed by atoms with van der Waals surface area (Å²) in [6.07, 6.45) is 27.4. The fraction of sp³-hybridized carbons (Fsp3) is 0.250. The van der Waals surface area contributed by atoms with Gasteiger partial charge in [-0.05, 0) is 76.2 Å². The molecule has 0 spiro atoms. The molecule has 4 aromatic rings. The van der Waals surface area contributed by atoms with E-state index in [1.54, 1.807) is 0 Å². The van der Waals surface area contributed by atoms with Crippen molar-refractivity contribution in [2.24, 2.45) is 0 Å². The molecule has 4 N–H and O–H groups in total. The molecule has 56 heavy (non-hydrogen) atoms. The van der Waals surface area contributed by atoms with Crippen molar-refractivity contribution in [1.82, 2.24) is 39.5 Å². The highest BCUT2D eigenvalue weighted by atomic mass is 15.1. The summed E-state index contributed by atoms with van der Waals surface area (Å²) in [5, 5.41) is 4.25. The fourth-order valence-corrected chi connectivity index (χ4v) is 8.47. The molecule has 8 heteroatoms. The Labute approximate surface area is 329 Å². The van der Waals surface area contributed by atoms with E-state index in [1.165, 1.54) is 22.3 Å². The van der Waals surface area contributed by atoms with Crippen LogP contribution in [0.15, 0.2) is 144 Å². The molecule has 4 aromatic heterocycles. The van der Waals surface area contributed by atoms with Crippen LogP contribution in [0.3, 0.4) is 0 Å². The van der Waals surface area contributed by atoms with E-state index in [-0.39, 0.29) is 0 Å². The van der Waals surface area contributed by atoms with Crippen LogP contribution in [0, 0.1) is 0 Å². The van der Waals surface area contributed by atoms with Crippen molar-refractivity contribution >= 4 is 22.3 Å². The van der Waals surface area contributed by atoms with Crippen LogP contribution >= 0.6 is 0 Å². The molecule has 9 rings (SSSR count). The lowest BCUT2D eigenvalue weighted by molar-refractivity contribution is 0.433. The lowest BCUT2D eigenvalue weighted by Gasteiger charge is -2.23. The normalized spacial score (nSPS) is 18.2. The second kappa shape index (κ2) is 15.1. The first kappa shape index (κ1) is 35.4. The van der Waals surface area contributed by atoms with E-state index in [2.05, 4.69) is 189 Å². The molecule has 0 unspecified atom stereocenters. The van der Waals surface area contributed by atoms with Gasteiger partial charge < -0.3 is 39.5 Å². The Kier molecular flexibility index (Phi) is 9.55. The third-order valence-corrected chi connectivity index (χ3v) is 11.5. The molecule has 8 nitrogen and oxygen atoms in total. The van der Waals surface area contributed by atoms with Gasteiger partial charge in [0.2, 0.25) is 0 Å². The van der Waals surface area contributed by atoms with E-state index in [1.807, 2.05) is 0 Å². The molecule has 0 saturated carbocycles. The number of likely N-dealkylation sites (N-methyl/N-ethyl adjacent to an activating group) is 4. The number of fused-ring (bicyclic) bond motifs is 8. The van der Waals surface area contributed by atoms with Gasteiger partial charge in [-0.3, -0.25) is 0 Å². The highest BCUT2D eigenvalue weighted by Crippen LogP contribution is 2.31. The van der Waals surface area contributed by atoms with E-state index < -0.39 is 0 Å². The minimum Gasteiger partial charge on any atom is -0.373 e. The zero-order chi connectivity index (χ0) is 38.2. The van der Waals surface area contributed by atoms with Crippen molar-refractivity contribution in [3.05, 3.63) is 188 Å². The van der Waals surface area contributed by atoms with E-state index >= 15 is 0 Å². The molecule has 0 amide bonds. The molecule has 8 bridgehead atoms. The van der Waals surface area contributed by atoms with Crippen molar-refractivity contribution in [2.75, 3.05) is 52.4 Å². The molecule has 0 radical (unpaired) electrons. The molecular weight excluding hydrogens is 689 g/mol. The average molecular weight is 741 g/mol. The van der Waals surface area contributed by atoms with Crippen LogP contribution in [0.2, 0.25) is 0 Å². The molecule has 5 aliphatic heterocycles. The van der Waals surface area contributed by atoms with Gasteiger partial charge in [0.15, 0.2) is 0 Å². The summed E-state index contributed by atoms with van der Waals surface area (Å²) in [6, 6.07) is 18.0. The summed E-state index contributed by atoms with van der Waals surface area (Å²) in [6.45, 7) is 16.3. The first-order valence-corrected chi connectivity index (χ1v) is 20.3. The highest BCUT2D eigenvalue weighted by molar-refractivity contribution is 5.86. The number of nitrogens with one attached hydrogen (secondary N) is 4. The Morgan fingerprint density at radius 1 is 0.357 bits per heavy atom. The van der Waals surface area contributed by atoms with E-state index in [4.69, 9.17) is 0 Å². The standard InChI is InChI=1S/C48H52N8/c1-5-53-25-9-13-33(29-53)45-37-17-19-39(49-37)46(34-14-10-26-54(6-2)30-34)41-21-23-43(51-41)48(36-16-12-28-56(8-4)32-36)44-24-22-42(52-44)47(40-20-18-38(45)50-40)35-15-11-27-55(7-3)31-35/h9-24,29-32,49-52H,5-8,25-28H2,1-4H3. The summed E-state index contributed by atoms with van der Waals surface area (Å²) in [4.78, 5) is 25.3. The predicted molar refractivity (Wildman–Crippen MR) is 230 cm³/mol. The maximum Gasteiger partial charge on any atom is 0.0486 e. The van der Waals surface area contributed by atoms with Gasteiger partial charge >= 0.3 is 0 Å². The minimum absolute atomic E-state index is 0.907. The maximum absolute atomic E-state index is 3.95. The molecule has 0 atom stereocenters. The van der Waals surface area contributed by atoms with Gasteiger partial charge in [-0.25, -0.2) is 0 Å². The number of allylic oxidation sites excluding steroid dienone is 8. The number of hydrogen-bond acceptors (Lipinski definition) is 4. The summed E-state index contributed by atoms with van der Waals surface area (Å²) >= 11 is 0. The van der Waals surface area contributed by atoms with Gasteiger partial charge in [0.1, 0.15) is 0 Å². The first-order valence-electron chi connectivity index (χ1n) is 20.3. The minimum atomic E-state index is 0.907. The van der Waals surface area contributed by atoms with Gasteiger partial charge in [0, 0.05) is 166 Å². The number of aromatic nitrogens is 4. The van der Waals surface area contributed by atoms with Gasteiger partial charge in [-0.15, -0.1) is 0 Å².